The van der Waals surface area contributed by atoms with Crippen molar-refractivity contribution in [2.45, 2.75) is 39.5 Å². The first-order valence-electron chi connectivity index (χ1n) is 9.44. The molecule has 2 aromatic carbocycles. The number of carbonyl (C=O) groups is 1. The van der Waals surface area contributed by atoms with Crippen molar-refractivity contribution in [1.29, 1.82) is 0 Å². The Morgan fingerprint density at radius 2 is 1.74 bits per heavy atom. The van der Waals surface area contributed by atoms with Crippen molar-refractivity contribution in [1.82, 2.24) is 9.97 Å². The molecule has 0 saturated heterocycles. The van der Waals surface area contributed by atoms with Crippen LogP contribution < -0.4 is 10.5 Å². The van der Waals surface area contributed by atoms with E-state index in [0.717, 1.165) is 25.7 Å². The van der Waals surface area contributed by atoms with E-state index in [1.165, 1.54) is 0 Å². The monoisotopic (exact) mass is 367 g/mol. The standard InChI is InChI=1S/C21H25N3O3/c1-3-5-10-26-19-13-18-17(12-15(19)22)24-20-14(8-7-9-16(20)23-18)21(25)27-11-6-4-2/h7-9,12-13H,3-6,10-11,22H2,1-2H3. The molecule has 0 unspecified atom stereocenters. The molecule has 0 spiro atoms. The van der Waals surface area contributed by atoms with Gasteiger partial charge in [-0.1, -0.05) is 32.8 Å². The molecule has 6 nitrogen and oxygen atoms in total. The summed E-state index contributed by atoms with van der Waals surface area (Å²) >= 11 is 0. The van der Waals surface area contributed by atoms with Crippen molar-refractivity contribution in [3.8, 4) is 5.75 Å². The predicted molar refractivity (Wildman–Crippen MR) is 107 cm³/mol. The largest absolute Gasteiger partial charge is 0.491 e. The van der Waals surface area contributed by atoms with Crippen LogP contribution in [0, 0.1) is 0 Å². The number of fused-ring (bicyclic) bond motifs is 2. The summed E-state index contributed by atoms with van der Waals surface area (Å²) in [5.41, 5.74) is 9.49. The molecule has 3 aromatic rings. The molecule has 0 radical (unpaired) electrons. The number of aromatic nitrogens is 2. The van der Waals surface area contributed by atoms with Gasteiger partial charge in [-0.05, 0) is 31.0 Å². The highest BCUT2D eigenvalue weighted by molar-refractivity contribution is 6.03. The predicted octanol–water partition coefficient (Wildman–Crippen LogP) is 4.50. The van der Waals surface area contributed by atoms with Crippen LogP contribution in [0.3, 0.4) is 0 Å². The Bertz CT molecular complexity index is 956. The van der Waals surface area contributed by atoms with Gasteiger partial charge in [0.15, 0.2) is 0 Å². The van der Waals surface area contributed by atoms with Gasteiger partial charge >= 0.3 is 5.97 Å². The second-order valence-corrected chi connectivity index (χ2v) is 6.47. The molecule has 142 valence electrons. The van der Waals surface area contributed by atoms with Gasteiger partial charge in [0.25, 0.3) is 0 Å². The van der Waals surface area contributed by atoms with E-state index in [1.807, 2.05) is 13.0 Å². The highest BCUT2D eigenvalue weighted by Gasteiger charge is 2.15. The van der Waals surface area contributed by atoms with Crippen molar-refractivity contribution >= 4 is 33.7 Å². The minimum Gasteiger partial charge on any atom is -0.491 e. The topological polar surface area (TPSA) is 87.3 Å². The molecule has 0 atom stereocenters. The lowest BCUT2D eigenvalue weighted by molar-refractivity contribution is 0.0502. The van der Waals surface area contributed by atoms with Gasteiger partial charge in [0.1, 0.15) is 11.3 Å². The van der Waals surface area contributed by atoms with E-state index < -0.39 is 0 Å². The lowest BCUT2D eigenvalue weighted by Crippen LogP contribution is -2.08. The Kier molecular flexibility index (Phi) is 6.06. The molecule has 0 aliphatic heterocycles. The van der Waals surface area contributed by atoms with E-state index in [9.17, 15) is 4.79 Å². The van der Waals surface area contributed by atoms with Crippen molar-refractivity contribution in [2.75, 3.05) is 18.9 Å². The first kappa shape index (κ1) is 18.9. The fourth-order valence-corrected chi connectivity index (χ4v) is 2.75. The minimum absolute atomic E-state index is 0.379. The second kappa shape index (κ2) is 8.66. The molecule has 0 amide bonds. The summed E-state index contributed by atoms with van der Waals surface area (Å²) in [6, 6.07) is 8.87. The van der Waals surface area contributed by atoms with E-state index in [2.05, 4.69) is 16.9 Å². The maximum absolute atomic E-state index is 12.4. The zero-order chi connectivity index (χ0) is 19.2. The van der Waals surface area contributed by atoms with Gasteiger partial charge in [-0.15, -0.1) is 0 Å². The SMILES string of the molecule is CCCCOC(=O)c1cccc2nc3cc(OCCCC)c(N)cc3nc12. The number of benzene rings is 2. The molecular formula is C21H25N3O3. The van der Waals surface area contributed by atoms with E-state index in [0.29, 0.717) is 52.3 Å². The van der Waals surface area contributed by atoms with Crippen LogP contribution >= 0.6 is 0 Å². The lowest BCUT2D eigenvalue weighted by Gasteiger charge is -2.11. The summed E-state index contributed by atoms with van der Waals surface area (Å²) in [6.45, 7) is 5.17. The van der Waals surface area contributed by atoms with Gasteiger partial charge < -0.3 is 15.2 Å². The molecular weight excluding hydrogens is 342 g/mol. The van der Waals surface area contributed by atoms with Crippen LogP contribution in [0.1, 0.15) is 49.9 Å². The molecule has 0 aliphatic rings. The summed E-state index contributed by atoms with van der Waals surface area (Å²) in [4.78, 5) is 21.7. The van der Waals surface area contributed by atoms with Crippen molar-refractivity contribution in [2.24, 2.45) is 0 Å². The average molecular weight is 367 g/mol. The van der Waals surface area contributed by atoms with Gasteiger partial charge in [-0.2, -0.15) is 0 Å². The van der Waals surface area contributed by atoms with Gasteiger partial charge in [-0.25, -0.2) is 14.8 Å². The number of anilines is 1. The Morgan fingerprint density at radius 3 is 2.52 bits per heavy atom. The van der Waals surface area contributed by atoms with E-state index in [4.69, 9.17) is 15.2 Å². The highest BCUT2D eigenvalue weighted by Crippen LogP contribution is 2.28. The van der Waals surface area contributed by atoms with Crippen LogP contribution in [0.15, 0.2) is 30.3 Å². The number of nitrogens with zero attached hydrogens (tertiary/aromatic N) is 2. The molecule has 27 heavy (non-hydrogen) atoms. The van der Waals surface area contributed by atoms with Crippen LogP contribution in [0.25, 0.3) is 22.1 Å². The number of nitrogens with two attached hydrogens (primary N) is 1. The Hall–Kier alpha value is -2.89. The minimum atomic E-state index is -0.379. The van der Waals surface area contributed by atoms with Gasteiger partial charge in [0, 0.05) is 6.07 Å². The highest BCUT2D eigenvalue weighted by atomic mass is 16.5. The van der Waals surface area contributed by atoms with Crippen LogP contribution in [0.4, 0.5) is 5.69 Å². The van der Waals surface area contributed by atoms with Crippen molar-refractivity contribution < 1.29 is 14.3 Å². The molecule has 0 aliphatic carbocycles. The number of unbranched alkanes of at least 4 members (excludes halogenated alkanes) is 2. The number of esters is 1. The first-order valence-corrected chi connectivity index (χ1v) is 9.44. The summed E-state index contributed by atoms with van der Waals surface area (Å²) in [5.74, 6) is 0.231. The fourth-order valence-electron chi connectivity index (χ4n) is 2.75. The first-order chi connectivity index (χ1) is 13.1. The number of hydrogen-bond acceptors (Lipinski definition) is 6. The summed E-state index contributed by atoms with van der Waals surface area (Å²) in [5, 5.41) is 0. The lowest BCUT2D eigenvalue weighted by atomic mass is 10.1. The number of hydrogen-bond donors (Lipinski definition) is 1. The third-order valence-corrected chi connectivity index (χ3v) is 4.30. The molecule has 0 bridgehead atoms. The number of rotatable bonds is 8. The maximum atomic E-state index is 12.4. The summed E-state index contributed by atoms with van der Waals surface area (Å²) in [7, 11) is 0. The van der Waals surface area contributed by atoms with E-state index in [1.54, 1.807) is 24.3 Å². The Balaban J connectivity index is 1.98. The molecule has 0 saturated carbocycles. The van der Waals surface area contributed by atoms with Crippen LogP contribution in [0.5, 0.6) is 5.75 Å². The molecule has 1 heterocycles. The van der Waals surface area contributed by atoms with Gasteiger partial charge in [-0.3, -0.25) is 0 Å². The zero-order valence-electron chi connectivity index (χ0n) is 15.8. The summed E-state index contributed by atoms with van der Waals surface area (Å²) < 4.78 is 11.1. The molecule has 1 aromatic heterocycles. The average Bonchev–Trinajstić information content (AvgIpc) is 2.66. The number of carbonyl (C=O) groups excluding carboxylic acids is 1. The Morgan fingerprint density at radius 1 is 1.00 bits per heavy atom. The molecule has 2 N–H and O–H groups in total. The van der Waals surface area contributed by atoms with Crippen molar-refractivity contribution in [3.05, 3.63) is 35.9 Å². The van der Waals surface area contributed by atoms with E-state index in [-0.39, 0.29) is 5.97 Å². The third kappa shape index (κ3) is 4.27. The quantitative estimate of drug-likeness (QED) is 0.273. The van der Waals surface area contributed by atoms with Gasteiger partial charge in [0.2, 0.25) is 0 Å². The van der Waals surface area contributed by atoms with Gasteiger partial charge in [0.05, 0.1) is 41.0 Å². The molecule has 3 rings (SSSR count). The number of nitrogen functional groups attached to an aromatic ring is 1. The fraction of sp³-hybridized carbons (Fsp3) is 0.381. The second-order valence-electron chi connectivity index (χ2n) is 6.47. The number of para-hydroxylation sites is 1. The smallest absolute Gasteiger partial charge is 0.340 e. The van der Waals surface area contributed by atoms with Crippen LogP contribution in [-0.4, -0.2) is 29.2 Å². The normalized spacial score (nSPS) is 11.0. The molecule has 6 heteroatoms. The van der Waals surface area contributed by atoms with Crippen LogP contribution in [0.2, 0.25) is 0 Å². The van der Waals surface area contributed by atoms with Crippen molar-refractivity contribution in [3.63, 3.8) is 0 Å². The summed E-state index contributed by atoms with van der Waals surface area (Å²) in [6.07, 6.45) is 3.82. The number of ether oxygens (including phenoxy) is 2. The molecule has 0 fully saturated rings. The third-order valence-electron chi connectivity index (χ3n) is 4.30. The van der Waals surface area contributed by atoms with Crippen LogP contribution in [-0.2, 0) is 4.74 Å². The van der Waals surface area contributed by atoms with E-state index >= 15 is 0 Å². The Labute approximate surface area is 158 Å². The zero-order valence-corrected chi connectivity index (χ0v) is 15.8. The maximum Gasteiger partial charge on any atom is 0.340 e.